The van der Waals surface area contributed by atoms with Gasteiger partial charge in [0.2, 0.25) is 0 Å². The maximum atomic E-state index is 10.6. The molecular formula is C13H20ClN3O2. The second-order valence-electron chi connectivity index (χ2n) is 4.28. The summed E-state index contributed by atoms with van der Waals surface area (Å²) in [6.07, 6.45) is 1.13. The monoisotopic (exact) mass is 285 g/mol. The number of nitrogens with zero attached hydrogens (tertiary/aromatic N) is 2. The number of halogens is 1. The van der Waals surface area contributed by atoms with E-state index in [0.717, 1.165) is 38.3 Å². The quantitative estimate of drug-likeness (QED) is 0.587. The van der Waals surface area contributed by atoms with E-state index >= 15 is 0 Å². The number of nitro benzene ring substituents is 1. The zero-order valence-electron chi connectivity index (χ0n) is 11.4. The van der Waals surface area contributed by atoms with Crippen LogP contribution in [-0.2, 0) is 0 Å². The summed E-state index contributed by atoms with van der Waals surface area (Å²) in [4.78, 5) is 12.5. The van der Waals surface area contributed by atoms with E-state index < -0.39 is 4.92 Å². The minimum Gasteiger partial charge on any atom is -0.383 e. The van der Waals surface area contributed by atoms with E-state index in [1.54, 1.807) is 6.07 Å². The van der Waals surface area contributed by atoms with Crippen LogP contribution in [0.4, 0.5) is 11.4 Å². The first-order chi connectivity index (χ1) is 9.08. The van der Waals surface area contributed by atoms with E-state index in [1.807, 2.05) is 0 Å². The lowest BCUT2D eigenvalue weighted by Gasteiger charge is -2.20. The average Bonchev–Trinajstić information content (AvgIpc) is 2.39. The van der Waals surface area contributed by atoms with E-state index in [2.05, 4.69) is 24.1 Å². The molecule has 0 saturated heterocycles. The van der Waals surface area contributed by atoms with Crippen LogP contribution >= 0.6 is 11.6 Å². The van der Waals surface area contributed by atoms with E-state index in [1.165, 1.54) is 12.1 Å². The molecule has 0 aliphatic heterocycles. The fourth-order valence-electron chi connectivity index (χ4n) is 1.85. The zero-order chi connectivity index (χ0) is 14.3. The number of hydrogen-bond acceptors (Lipinski definition) is 4. The Kier molecular flexibility index (Phi) is 6.59. The lowest BCUT2D eigenvalue weighted by Crippen LogP contribution is -2.29. The second kappa shape index (κ2) is 7.96. The molecule has 0 bridgehead atoms. The Morgan fingerprint density at radius 3 is 2.63 bits per heavy atom. The Morgan fingerprint density at radius 1 is 1.37 bits per heavy atom. The molecule has 0 spiro atoms. The second-order valence-corrected chi connectivity index (χ2v) is 4.69. The van der Waals surface area contributed by atoms with Gasteiger partial charge in [-0.05, 0) is 25.6 Å². The van der Waals surface area contributed by atoms with E-state index in [-0.39, 0.29) is 5.69 Å². The minimum atomic E-state index is -0.449. The third-order valence-corrected chi connectivity index (χ3v) is 3.21. The highest BCUT2D eigenvalue weighted by Gasteiger charge is 2.09. The zero-order valence-corrected chi connectivity index (χ0v) is 12.1. The highest BCUT2D eigenvalue weighted by atomic mass is 35.5. The summed E-state index contributed by atoms with van der Waals surface area (Å²) in [5.74, 6) is 0. The van der Waals surface area contributed by atoms with Gasteiger partial charge in [0.25, 0.3) is 5.69 Å². The summed E-state index contributed by atoms with van der Waals surface area (Å²) in [5, 5.41) is 14.2. The van der Waals surface area contributed by atoms with Crippen LogP contribution in [0.15, 0.2) is 18.2 Å². The summed E-state index contributed by atoms with van der Waals surface area (Å²) < 4.78 is 0. The molecule has 0 unspecified atom stereocenters. The molecular weight excluding hydrogens is 266 g/mol. The number of anilines is 1. The van der Waals surface area contributed by atoms with Crippen molar-refractivity contribution in [3.05, 3.63) is 33.3 Å². The number of nitro groups is 1. The summed E-state index contributed by atoms with van der Waals surface area (Å²) in [7, 11) is 0. The van der Waals surface area contributed by atoms with Crippen molar-refractivity contribution in [3.63, 3.8) is 0 Å². The molecule has 0 fully saturated rings. The number of likely N-dealkylation sites (N-methyl/N-ethyl adjacent to an activating group) is 1. The van der Waals surface area contributed by atoms with Crippen LogP contribution < -0.4 is 5.32 Å². The van der Waals surface area contributed by atoms with Gasteiger partial charge in [0, 0.05) is 25.2 Å². The Labute approximate surface area is 118 Å². The number of hydrogen-bond donors (Lipinski definition) is 1. The van der Waals surface area contributed by atoms with Crippen LogP contribution in [0.2, 0.25) is 5.02 Å². The molecule has 19 heavy (non-hydrogen) atoms. The topological polar surface area (TPSA) is 58.4 Å². The molecule has 1 N–H and O–H groups in total. The van der Waals surface area contributed by atoms with Gasteiger partial charge in [-0.3, -0.25) is 10.1 Å². The molecule has 1 aromatic rings. The van der Waals surface area contributed by atoms with Crippen LogP contribution in [0, 0.1) is 10.1 Å². The lowest BCUT2D eigenvalue weighted by atomic mass is 10.3. The van der Waals surface area contributed by atoms with Gasteiger partial charge in [0.1, 0.15) is 0 Å². The van der Waals surface area contributed by atoms with Gasteiger partial charge in [-0.15, -0.1) is 0 Å². The van der Waals surface area contributed by atoms with Gasteiger partial charge in [-0.2, -0.15) is 0 Å². The van der Waals surface area contributed by atoms with Gasteiger partial charge in [-0.25, -0.2) is 0 Å². The van der Waals surface area contributed by atoms with E-state index in [9.17, 15) is 10.1 Å². The standard InChI is InChI=1S/C13H20ClN3O2/c1-3-8-16(4-2)9-7-15-13-6-5-11(17(18)19)10-12(13)14/h5-6,10,15H,3-4,7-9H2,1-2H3. The molecule has 0 atom stereocenters. The van der Waals surface area contributed by atoms with Gasteiger partial charge in [-0.1, -0.05) is 25.4 Å². The summed E-state index contributed by atoms with van der Waals surface area (Å²) in [6, 6.07) is 4.47. The fraction of sp³-hybridized carbons (Fsp3) is 0.538. The maximum absolute atomic E-state index is 10.6. The molecule has 0 aromatic heterocycles. The first kappa shape index (κ1) is 15.7. The molecule has 0 saturated carbocycles. The largest absolute Gasteiger partial charge is 0.383 e. The number of nitrogens with one attached hydrogen (secondary N) is 1. The normalized spacial score (nSPS) is 10.7. The molecule has 1 rings (SSSR count). The smallest absolute Gasteiger partial charge is 0.271 e. The van der Waals surface area contributed by atoms with Crippen molar-refractivity contribution in [2.45, 2.75) is 20.3 Å². The van der Waals surface area contributed by atoms with Gasteiger partial charge in [0.05, 0.1) is 15.6 Å². The van der Waals surface area contributed by atoms with Crippen LogP contribution in [0.1, 0.15) is 20.3 Å². The molecule has 0 radical (unpaired) electrons. The van der Waals surface area contributed by atoms with Gasteiger partial charge in [0.15, 0.2) is 0 Å². The van der Waals surface area contributed by atoms with Gasteiger partial charge < -0.3 is 10.2 Å². The summed E-state index contributed by atoms with van der Waals surface area (Å²) in [5.41, 5.74) is 0.747. The number of rotatable bonds is 8. The predicted octanol–water partition coefficient (Wildman–Crippen LogP) is 3.39. The minimum absolute atomic E-state index is 0.0108. The van der Waals surface area contributed by atoms with Crippen molar-refractivity contribution >= 4 is 23.0 Å². The van der Waals surface area contributed by atoms with E-state index in [0.29, 0.717) is 5.02 Å². The van der Waals surface area contributed by atoms with Crippen molar-refractivity contribution in [1.29, 1.82) is 0 Å². The van der Waals surface area contributed by atoms with Crippen molar-refractivity contribution in [2.24, 2.45) is 0 Å². The Balaban J connectivity index is 2.51. The van der Waals surface area contributed by atoms with Crippen molar-refractivity contribution in [3.8, 4) is 0 Å². The predicted molar refractivity (Wildman–Crippen MR) is 79.0 cm³/mol. The SMILES string of the molecule is CCCN(CC)CCNc1ccc([N+](=O)[O-])cc1Cl. The van der Waals surface area contributed by atoms with Crippen molar-refractivity contribution < 1.29 is 4.92 Å². The Morgan fingerprint density at radius 2 is 2.11 bits per heavy atom. The van der Waals surface area contributed by atoms with Crippen LogP contribution in [0.3, 0.4) is 0 Å². The molecule has 0 aliphatic rings. The maximum Gasteiger partial charge on any atom is 0.271 e. The summed E-state index contributed by atoms with van der Waals surface area (Å²) in [6.45, 7) is 8.08. The van der Waals surface area contributed by atoms with Crippen LogP contribution in [0.5, 0.6) is 0 Å². The molecule has 106 valence electrons. The molecule has 0 heterocycles. The third-order valence-electron chi connectivity index (χ3n) is 2.89. The molecule has 0 aliphatic carbocycles. The first-order valence-electron chi connectivity index (χ1n) is 6.48. The van der Waals surface area contributed by atoms with Crippen molar-refractivity contribution in [2.75, 3.05) is 31.5 Å². The molecule has 6 heteroatoms. The number of benzene rings is 1. The number of non-ortho nitro benzene ring substituents is 1. The molecule has 1 aromatic carbocycles. The Bertz CT molecular complexity index is 426. The molecule has 5 nitrogen and oxygen atoms in total. The fourth-order valence-corrected chi connectivity index (χ4v) is 2.10. The van der Waals surface area contributed by atoms with Crippen molar-refractivity contribution in [1.82, 2.24) is 4.90 Å². The Hall–Kier alpha value is -1.33. The summed E-state index contributed by atoms with van der Waals surface area (Å²) >= 11 is 6.00. The average molecular weight is 286 g/mol. The lowest BCUT2D eigenvalue weighted by molar-refractivity contribution is -0.384. The third kappa shape index (κ3) is 5.04. The molecule has 0 amide bonds. The van der Waals surface area contributed by atoms with E-state index in [4.69, 9.17) is 11.6 Å². The highest BCUT2D eigenvalue weighted by molar-refractivity contribution is 6.33. The van der Waals surface area contributed by atoms with Gasteiger partial charge >= 0.3 is 0 Å². The highest BCUT2D eigenvalue weighted by Crippen LogP contribution is 2.26. The van der Waals surface area contributed by atoms with Crippen LogP contribution in [-0.4, -0.2) is 36.0 Å². The van der Waals surface area contributed by atoms with Crippen LogP contribution in [0.25, 0.3) is 0 Å². The first-order valence-corrected chi connectivity index (χ1v) is 6.86.